The number of Topliss-reactive ketones (excluding diaryl/α,β-unsaturated/α-hetero) is 3. The van der Waals surface area contributed by atoms with E-state index in [1.54, 1.807) is 24.3 Å². The van der Waals surface area contributed by atoms with Gasteiger partial charge in [-0.1, -0.05) is 30.3 Å². The molecule has 0 spiro atoms. The van der Waals surface area contributed by atoms with Crippen LogP contribution in [0.2, 0.25) is 0 Å². The first-order valence-electron chi connectivity index (χ1n) is 14.3. The normalized spacial score (nSPS) is 15.7. The molecule has 0 radical (unpaired) electrons. The largest absolute Gasteiger partial charge is 0.416 e. The van der Waals surface area contributed by atoms with Crippen LogP contribution in [0.4, 0.5) is 13.2 Å². The van der Waals surface area contributed by atoms with Crippen molar-refractivity contribution < 1.29 is 27.6 Å². The van der Waals surface area contributed by atoms with Gasteiger partial charge in [0, 0.05) is 74.9 Å². The summed E-state index contributed by atoms with van der Waals surface area (Å²) in [5.74, 6) is -0.602. The molecular weight excluding hydrogens is 555 g/mol. The van der Waals surface area contributed by atoms with E-state index >= 15 is 0 Å². The molecule has 2 heterocycles. The Morgan fingerprint density at radius 2 is 1.60 bits per heavy atom. The predicted octanol–water partition coefficient (Wildman–Crippen LogP) is 5.54. The van der Waals surface area contributed by atoms with Gasteiger partial charge in [-0.3, -0.25) is 24.3 Å². The van der Waals surface area contributed by atoms with Crippen LogP contribution in [0.1, 0.15) is 66.7 Å². The van der Waals surface area contributed by atoms with Crippen molar-refractivity contribution in [1.82, 2.24) is 14.8 Å². The van der Waals surface area contributed by atoms with Crippen LogP contribution in [0.3, 0.4) is 0 Å². The van der Waals surface area contributed by atoms with E-state index in [2.05, 4.69) is 9.88 Å². The van der Waals surface area contributed by atoms with Gasteiger partial charge in [0.1, 0.15) is 0 Å². The summed E-state index contributed by atoms with van der Waals surface area (Å²) in [7, 11) is 1.99. The zero-order chi connectivity index (χ0) is 30.9. The smallest absolute Gasteiger partial charge is 0.304 e. The molecule has 5 rings (SSSR count). The van der Waals surface area contributed by atoms with E-state index in [9.17, 15) is 27.6 Å². The Morgan fingerprint density at radius 1 is 0.884 bits per heavy atom. The molecule has 43 heavy (non-hydrogen) atoms. The number of rotatable bonds is 9. The van der Waals surface area contributed by atoms with Gasteiger partial charge in [-0.25, -0.2) is 0 Å². The number of likely N-dealkylation sites (N-methyl/N-ethyl adjacent to an activating group) is 1. The Kier molecular flexibility index (Phi) is 8.76. The van der Waals surface area contributed by atoms with Crippen LogP contribution < -0.4 is 0 Å². The Bertz CT molecular complexity index is 1620. The molecule has 0 N–H and O–H groups in total. The van der Waals surface area contributed by atoms with Crippen molar-refractivity contribution in [2.24, 2.45) is 0 Å². The molecule has 0 saturated carbocycles. The Labute approximate surface area is 249 Å². The summed E-state index contributed by atoms with van der Waals surface area (Å²) in [6, 6.07) is 11.0. The van der Waals surface area contributed by atoms with Crippen molar-refractivity contribution in [2.75, 3.05) is 33.2 Å². The lowest BCUT2D eigenvalue weighted by molar-refractivity contribution is -0.138. The van der Waals surface area contributed by atoms with Crippen LogP contribution in [0.25, 0.3) is 6.08 Å². The highest BCUT2D eigenvalue weighted by molar-refractivity contribution is 6.02. The SMILES string of the molecule is CC(=O)C1=Cc2cc(C(=O)Cc3cc(CC(=O)c4ccc(CN5CCN(C)CC5)c(C(F)(F)F)c4)ccc3C)cnc2C1. The zero-order valence-corrected chi connectivity index (χ0v) is 24.6. The van der Waals surface area contributed by atoms with E-state index in [4.69, 9.17) is 0 Å². The third-order valence-corrected chi connectivity index (χ3v) is 8.32. The lowest BCUT2D eigenvalue weighted by Crippen LogP contribution is -2.44. The van der Waals surface area contributed by atoms with Gasteiger partial charge < -0.3 is 4.90 Å². The maximum Gasteiger partial charge on any atom is 0.416 e. The molecule has 6 nitrogen and oxygen atoms in total. The highest BCUT2D eigenvalue weighted by atomic mass is 19.4. The van der Waals surface area contributed by atoms with Crippen LogP contribution in [-0.4, -0.2) is 65.4 Å². The number of aryl methyl sites for hydroxylation is 1. The summed E-state index contributed by atoms with van der Waals surface area (Å²) in [6.45, 7) is 6.52. The van der Waals surface area contributed by atoms with E-state index in [-0.39, 0.29) is 42.1 Å². The standard InChI is InChI=1S/C34H34F3N3O3/c1-21-4-5-23(12-26(21)18-33(43)29-15-28-14-27(22(2)41)17-31(28)38-19-29)13-32(42)24-6-7-25(30(16-24)34(35,36)37)20-40-10-8-39(3)9-11-40/h4-7,12,14-16,19H,8-11,13,17-18,20H2,1-3H3. The Balaban J connectivity index is 1.30. The van der Waals surface area contributed by atoms with Gasteiger partial charge in [0.05, 0.1) is 11.3 Å². The first-order chi connectivity index (χ1) is 20.4. The minimum absolute atomic E-state index is 0.00912. The van der Waals surface area contributed by atoms with Crippen LogP contribution in [0.15, 0.2) is 54.2 Å². The molecule has 224 valence electrons. The van der Waals surface area contributed by atoms with Crippen LogP contribution in [0.5, 0.6) is 0 Å². The number of pyridine rings is 1. The van der Waals surface area contributed by atoms with Gasteiger partial charge in [-0.2, -0.15) is 13.2 Å². The zero-order valence-electron chi connectivity index (χ0n) is 24.6. The Morgan fingerprint density at radius 3 is 2.30 bits per heavy atom. The number of aromatic nitrogens is 1. The lowest BCUT2D eigenvalue weighted by atomic mass is 9.94. The fourth-order valence-electron chi connectivity index (χ4n) is 5.57. The molecule has 0 amide bonds. The molecule has 1 aromatic heterocycles. The van der Waals surface area contributed by atoms with Crippen molar-refractivity contribution in [1.29, 1.82) is 0 Å². The third-order valence-electron chi connectivity index (χ3n) is 8.32. The lowest BCUT2D eigenvalue weighted by Gasteiger charge is -2.33. The summed E-state index contributed by atoms with van der Waals surface area (Å²) < 4.78 is 42.1. The second-order valence-corrected chi connectivity index (χ2v) is 11.6. The summed E-state index contributed by atoms with van der Waals surface area (Å²) >= 11 is 0. The number of carbonyl (C=O) groups is 3. The number of piperazine rings is 1. The average molecular weight is 590 g/mol. The number of carbonyl (C=O) groups excluding carboxylic acids is 3. The first kappa shape index (κ1) is 30.5. The summed E-state index contributed by atoms with van der Waals surface area (Å²) in [4.78, 5) is 46.6. The highest BCUT2D eigenvalue weighted by Gasteiger charge is 2.34. The minimum Gasteiger partial charge on any atom is -0.304 e. The van der Waals surface area contributed by atoms with Crippen molar-refractivity contribution in [3.05, 3.63) is 104 Å². The molecule has 3 aromatic rings. The van der Waals surface area contributed by atoms with E-state index < -0.39 is 17.5 Å². The van der Waals surface area contributed by atoms with Gasteiger partial charge in [0.2, 0.25) is 0 Å². The molecular formula is C34H34F3N3O3. The molecule has 2 aliphatic rings. The fourth-order valence-corrected chi connectivity index (χ4v) is 5.57. The number of benzene rings is 2. The number of alkyl halides is 3. The van der Waals surface area contributed by atoms with E-state index in [0.29, 0.717) is 36.2 Å². The van der Waals surface area contributed by atoms with Gasteiger partial charge >= 0.3 is 6.18 Å². The fraction of sp³-hybridized carbons (Fsp3) is 0.353. The van der Waals surface area contributed by atoms with Crippen LogP contribution >= 0.6 is 0 Å². The molecule has 2 aromatic carbocycles. The molecule has 1 fully saturated rings. The van der Waals surface area contributed by atoms with Gasteiger partial charge in [-0.15, -0.1) is 0 Å². The first-order valence-corrected chi connectivity index (χ1v) is 14.3. The topological polar surface area (TPSA) is 70.6 Å². The van der Waals surface area contributed by atoms with Crippen molar-refractivity contribution in [3.63, 3.8) is 0 Å². The number of hydrogen-bond acceptors (Lipinski definition) is 6. The number of allylic oxidation sites excluding steroid dienone is 1. The number of ketones is 3. The molecule has 1 aliphatic carbocycles. The number of nitrogens with zero attached hydrogens (tertiary/aromatic N) is 3. The maximum atomic E-state index is 14.0. The van der Waals surface area contributed by atoms with Crippen molar-refractivity contribution in [3.8, 4) is 0 Å². The predicted molar refractivity (Wildman–Crippen MR) is 158 cm³/mol. The van der Waals surface area contributed by atoms with Crippen molar-refractivity contribution in [2.45, 2.75) is 45.8 Å². The monoisotopic (exact) mass is 589 g/mol. The number of hydrogen-bond donors (Lipinski definition) is 0. The molecule has 1 aliphatic heterocycles. The van der Waals surface area contributed by atoms with Crippen molar-refractivity contribution >= 4 is 23.4 Å². The molecule has 9 heteroatoms. The molecule has 0 atom stereocenters. The second kappa shape index (κ2) is 12.3. The van der Waals surface area contributed by atoms with E-state index in [0.717, 1.165) is 41.5 Å². The van der Waals surface area contributed by atoms with E-state index in [1.165, 1.54) is 25.3 Å². The van der Waals surface area contributed by atoms with E-state index in [1.807, 2.05) is 24.9 Å². The third kappa shape index (κ3) is 7.17. The molecule has 1 saturated heterocycles. The second-order valence-electron chi connectivity index (χ2n) is 11.6. The van der Waals surface area contributed by atoms with Crippen LogP contribution in [-0.2, 0) is 36.8 Å². The molecule has 0 unspecified atom stereocenters. The van der Waals surface area contributed by atoms with Gasteiger partial charge in [0.15, 0.2) is 17.3 Å². The maximum absolute atomic E-state index is 14.0. The highest BCUT2D eigenvalue weighted by Crippen LogP contribution is 2.34. The molecule has 0 bridgehead atoms. The average Bonchev–Trinajstić information content (AvgIpc) is 3.40. The van der Waals surface area contributed by atoms with Crippen LogP contribution in [0, 0.1) is 6.92 Å². The van der Waals surface area contributed by atoms with Gasteiger partial charge in [-0.05, 0) is 66.9 Å². The summed E-state index contributed by atoms with van der Waals surface area (Å²) in [6.07, 6.45) is -0.843. The van der Waals surface area contributed by atoms with Gasteiger partial charge in [0.25, 0.3) is 0 Å². The minimum atomic E-state index is -4.58. The Hall–Kier alpha value is -3.95. The number of halogens is 3. The summed E-state index contributed by atoms with van der Waals surface area (Å²) in [5, 5.41) is 0. The number of fused-ring (bicyclic) bond motifs is 1. The summed E-state index contributed by atoms with van der Waals surface area (Å²) in [5.41, 5.74) is 4.23. The quantitative estimate of drug-likeness (QED) is 0.306.